The first-order valence-electron chi connectivity index (χ1n) is 9.54. The molecule has 0 spiro atoms. The Kier molecular flexibility index (Phi) is 5.33. The molecule has 2 N–H and O–H groups in total. The maximum atomic E-state index is 12.7. The molecule has 0 fully saturated rings. The zero-order valence-corrected chi connectivity index (χ0v) is 16.1. The van der Waals surface area contributed by atoms with Crippen molar-refractivity contribution in [3.63, 3.8) is 0 Å². The lowest BCUT2D eigenvalue weighted by Crippen LogP contribution is -2.26. The first-order chi connectivity index (χ1) is 14.1. The monoisotopic (exact) mass is 394 g/mol. The Hall–Kier alpha value is -3.55. The number of nitrogens with zero attached hydrogens (tertiary/aromatic N) is 2. The maximum Gasteiger partial charge on any atom is 0.244 e. The number of imidazole rings is 1. The largest absolute Gasteiger partial charge is 0.486 e. The molecule has 3 aromatic rings. The van der Waals surface area contributed by atoms with Gasteiger partial charge in [-0.25, -0.2) is 4.98 Å². The van der Waals surface area contributed by atoms with E-state index in [4.69, 9.17) is 9.47 Å². The number of nitrogens with one attached hydrogen (secondary N) is 2. The van der Waals surface area contributed by atoms with E-state index in [2.05, 4.69) is 15.6 Å². The van der Waals surface area contributed by atoms with Crippen LogP contribution in [0, 0.1) is 0 Å². The molecule has 29 heavy (non-hydrogen) atoms. The molecule has 0 radical (unpaired) electrons. The number of benzene rings is 2. The van der Waals surface area contributed by atoms with Crippen LogP contribution in [0.3, 0.4) is 0 Å². The zero-order chi connectivity index (χ0) is 20.2. The van der Waals surface area contributed by atoms with Crippen molar-refractivity contribution in [3.8, 4) is 11.5 Å². The minimum absolute atomic E-state index is 0.0654. The van der Waals surface area contributed by atoms with E-state index in [1.165, 1.54) is 0 Å². The van der Waals surface area contributed by atoms with Crippen LogP contribution in [0.5, 0.6) is 11.5 Å². The number of hydrogen-bond acceptors (Lipinski definition) is 5. The summed E-state index contributed by atoms with van der Waals surface area (Å²) in [6, 6.07) is 12.9. The van der Waals surface area contributed by atoms with E-state index in [1.807, 2.05) is 28.8 Å². The number of hydrogen-bond donors (Lipinski definition) is 2. The highest BCUT2D eigenvalue weighted by molar-refractivity contribution is 5.92. The fourth-order valence-corrected chi connectivity index (χ4v) is 3.20. The van der Waals surface area contributed by atoms with E-state index in [0.29, 0.717) is 42.6 Å². The quantitative estimate of drug-likeness (QED) is 0.670. The Labute approximate surface area is 167 Å². The number of carbonyl (C=O) groups is 2. The number of amides is 2. The molecule has 1 aliphatic heterocycles. The van der Waals surface area contributed by atoms with Crippen LogP contribution in [0.4, 0.5) is 5.69 Å². The van der Waals surface area contributed by atoms with Gasteiger partial charge in [0.25, 0.3) is 0 Å². The molecule has 1 aromatic heterocycles. The van der Waals surface area contributed by atoms with Crippen molar-refractivity contribution in [1.82, 2.24) is 14.9 Å². The van der Waals surface area contributed by atoms with Gasteiger partial charge >= 0.3 is 0 Å². The molecule has 2 amide bonds. The second-order valence-electron chi connectivity index (χ2n) is 6.64. The summed E-state index contributed by atoms with van der Waals surface area (Å²) >= 11 is 0. The average molecular weight is 394 g/mol. The molecule has 2 heterocycles. The summed E-state index contributed by atoms with van der Waals surface area (Å²) in [5.41, 5.74) is 2.25. The van der Waals surface area contributed by atoms with Gasteiger partial charge in [0.05, 0.1) is 17.6 Å². The van der Waals surface area contributed by atoms with E-state index >= 15 is 0 Å². The number of fused-ring (bicyclic) bond motifs is 2. The lowest BCUT2D eigenvalue weighted by molar-refractivity contribution is -0.121. The normalized spacial score (nSPS) is 12.6. The minimum atomic E-state index is -0.201. The molecular formula is C21H22N4O4. The fraction of sp³-hybridized carbons (Fsp3) is 0.286. The summed E-state index contributed by atoms with van der Waals surface area (Å²) in [5, 5.41) is 5.71. The SMILES string of the molecule is CCC(=O)NCc1nc2ccccc2n1CC(=O)Nc1ccc2c(c1)OCCO2. The Morgan fingerprint density at radius 3 is 2.69 bits per heavy atom. The van der Waals surface area contributed by atoms with Gasteiger partial charge in [0.1, 0.15) is 25.6 Å². The number of rotatable bonds is 6. The predicted molar refractivity (Wildman–Crippen MR) is 108 cm³/mol. The lowest BCUT2D eigenvalue weighted by Gasteiger charge is -2.19. The number of para-hydroxylation sites is 2. The van der Waals surface area contributed by atoms with Crippen LogP contribution in [0.1, 0.15) is 19.2 Å². The van der Waals surface area contributed by atoms with Crippen molar-refractivity contribution < 1.29 is 19.1 Å². The second-order valence-corrected chi connectivity index (χ2v) is 6.64. The standard InChI is InChI=1S/C21H22N4O4/c1-2-20(26)22-12-19-24-15-5-3-4-6-16(15)25(19)13-21(27)23-14-7-8-17-18(11-14)29-10-9-28-17/h3-8,11H,2,9-10,12-13H2,1H3,(H,22,26)(H,23,27). The molecule has 1 aliphatic rings. The van der Waals surface area contributed by atoms with Crippen molar-refractivity contribution in [1.29, 1.82) is 0 Å². The molecule has 0 atom stereocenters. The van der Waals surface area contributed by atoms with Crippen LogP contribution in [0.25, 0.3) is 11.0 Å². The van der Waals surface area contributed by atoms with Gasteiger partial charge in [0, 0.05) is 18.2 Å². The second kappa shape index (κ2) is 8.22. The maximum absolute atomic E-state index is 12.7. The number of anilines is 1. The summed E-state index contributed by atoms with van der Waals surface area (Å²) in [4.78, 5) is 28.9. The Morgan fingerprint density at radius 1 is 1.07 bits per heavy atom. The zero-order valence-electron chi connectivity index (χ0n) is 16.1. The van der Waals surface area contributed by atoms with Crippen LogP contribution < -0.4 is 20.1 Å². The third-order valence-corrected chi connectivity index (χ3v) is 4.63. The summed E-state index contributed by atoms with van der Waals surface area (Å²) in [5.74, 6) is 1.65. The van der Waals surface area contributed by atoms with E-state index in [9.17, 15) is 9.59 Å². The molecule has 0 bridgehead atoms. The molecule has 8 nitrogen and oxygen atoms in total. The highest BCUT2D eigenvalue weighted by Gasteiger charge is 2.16. The van der Waals surface area contributed by atoms with Crippen molar-refractivity contribution >= 4 is 28.5 Å². The Morgan fingerprint density at radius 2 is 1.86 bits per heavy atom. The van der Waals surface area contributed by atoms with Gasteiger partial charge in [-0.15, -0.1) is 0 Å². The number of aromatic nitrogens is 2. The van der Waals surface area contributed by atoms with Crippen LogP contribution in [0.2, 0.25) is 0 Å². The van der Waals surface area contributed by atoms with Gasteiger partial charge in [-0.1, -0.05) is 19.1 Å². The van der Waals surface area contributed by atoms with E-state index in [1.54, 1.807) is 25.1 Å². The molecule has 0 unspecified atom stereocenters. The number of ether oxygens (including phenoxy) is 2. The third-order valence-electron chi connectivity index (χ3n) is 4.63. The van der Waals surface area contributed by atoms with E-state index in [-0.39, 0.29) is 24.9 Å². The average Bonchev–Trinajstić information content (AvgIpc) is 3.09. The third kappa shape index (κ3) is 4.16. The molecule has 0 aliphatic carbocycles. The first-order valence-corrected chi connectivity index (χ1v) is 9.54. The molecule has 2 aromatic carbocycles. The van der Waals surface area contributed by atoms with Crippen molar-refractivity contribution in [2.24, 2.45) is 0 Å². The van der Waals surface area contributed by atoms with E-state index < -0.39 is 0 Å². The summed E-state index contributed by atoms with van der Waals surface area (Å²) in [7, 11) is 0. The van der Waals surface area contributed by atoms with Crippen molar-refractivity contribution in [3.05, 3.63) is 48.3 Å². The Bertz CT molecular complexity index is 1060. The van der Waals surface area contributed by atoms with Gasteiger partial charge in [-0.2, -0.15) is 0 Å². The van der Waals surface area contributed by atoms with Crippen molar-refractivity contribution in [2.75, 3.05) is 18.5 Å². The van der Waals surface area contributed by atoms with Crippen LogP contribution >= 0.6 is 0 Å². The molecule has 4 rings (SSSR count). The molecule has 8 heteroatoms. The topological polar surface area (TPSA) is 94.5 Å². The van der Waals surface area contributed by atoms with Crippen LogP contribution in [-0.2, 0) is 22.7 Å². The fourth-order valence-electron chi connectivity index (χ4n) is 3.20. The highest BCUT2D eigenvalue weighted by Crippen LogP contribution is 2.32. The molecule has 0 saturated carbocycles. The van der Waals surface area contributed by atoms with Crippen LogP contribution in [0.15, 0.2) is 42.5 Å². The van der Waals surface area contributed by atoms with Gasteiger partial charge in [0.2, 0.25) is 11.8 Å². The van der Waals surface area contributed by atoms with E-state index in [0.717, 1.165) is 11.0 Å². The van der Waals surface area contributed by atoms with Gasteiger partial charge in [0.15, 0.2) is 11.5 Å². The van der Waals surface area contributed by atoms with Crippen molar-refractivity contribution in [2.45, 2.75) is 26.4 Å². The summed E-state index contributed by atoms with van der Waals surface area (Å²) in [6.07, 6.45) is 0.394. The van der Waals surface area contributed by atoms with Crippen LogP contribution in [-0.4, -0.2) is 34.6 Å². The molecule has 0 saturated heterocycles. The predicted octanol–water partition coefficient (Wildman–Crippen LogP) is 2.47. The number of carbonyl (C=O) groups excluding carboxylic acids is 2. The molecular weight excluding hydrogens is 372 g/mol. The van der Waals surface area contributed by atoms with Gasteiger partial charge < -0.3 is 24.7 Å². The highest BCUT2D eigenvalue weighted by atomic mass is 16.6. The first kappa shape index (κ1) is 18.8. The molecule has 150 valence electrons. The summed E-state index contributed by atoms with van der Waals surface area (Å²) < 4.78 is 12.9. The van der Waals surface area contributed by atoms with Gasteiger partial charge in [-0.3, -0.25) is 9.59 Å². The smallest absolute Gasteiger partial charge is 0.244 e. The van der Waals surface area contributed by atoms with Gasteiger partial charge in [-0.05, 0) is 24.3 Å². The lowest BCUT2D eigenvalue weighted by atomic mass is 10.2. The minimum Gasteiger partial charge on any atom is -0.486 e. The summed E-state index contributed by atoms with van der Waals surface area (Å²) in [6.45, 7) is 3.13. The Balaban J connectivity index is 1.53.